The molecule has 3 nitrogen and oxygen atoms in total. The molecule has 104 valence electrons. The van der Waals surface area contributed by atoms with Crippen LogP contribution in [0.2, 0.25) is 18.1 Å². The Labute approximate surface area is 119 Å². The zero-order valence-corrected chi connectivity index (χ0v) is 14.6. The van der Waals surface area contributed by atoms with E-state index in [9.17, 15) is 4.79 Å². The quantitative estimate of drug-likeness (QED) is 0.329. The van der Waals surface area contributed by atoms with E-state index in [0.29, 0.717) is 11.1 Å². The smallest absolute Gasteiger partial charge is 0.344 e. The SMILES string of the molecule is COC(=O)/C(Br)=C/C=C\CO[Si](C)(C)C(C)(C)C. The molecule has 0 fully saturated rings. The van der Waals surface area contributed by atoms with Crippen LogP contribution < -0.4 is 0 Å². The van der Waals surface area contributed by atoms with Crippen molar-refractivity contribution in [3.8, 4) is 0 Å². The summed E-state index contributed by atoms with van der Waals surface area (Å²) < 4.78 is 10.9. The molecule has 0 aliphatic rings. The molecular formula is C13H23BrO3Si. The Kier molecular flexibility index (Phi) is 7.10. The largest absolute Gasteiger partial charge is 0.465 e. The van der Waals surface area contributed by atoms with Crippen molar-refractivity contribution < 1.29 is 14.0 Å². The number of halogens is 1. The number of carbonyl (C=O) groups excluding carboxylic acids is 1. The number of methoxy groups -OCH3 is 1. The third-order valence-corrected chi connectivity index (χ3v) is 8.19. The average Bonchev–Trinajstić information content (AvgIpc) is 2.25. The van der Waals surface area contributed by atoms with Crippen molar-refractivity contribution in [1.82, 2.24) is 0 Å². The van der Waals surface area contributed by atoms with Crippen LogP contribution in [0.4, 0.5) is 0 Å². The molecule has 0 saturated carbocycles. The molecule has 0 radical (unpaired) electrons. The molecule has 0 saturated heterocycles. The summed E-state index contributed by atoms with van der Waals surface area (Å²) in [6.07, 6.45) is 5.33. The van der Waals surface area contributed by atoms with Crippen molar-refractivity contribution in [2.45, 2.75) is 38.9 Å². The van der Waals surface area contributed by atoms with Crippen molar-refractivity contribution in [3.05, 3.63) is 22.7 Å². The van der Waals surface area contributed by atoms with Gasteiger partial charge < -0.3 is 9.16 Å². The molecule has 18 heavy (non-hydrogen) atoms. The van der Waals surface area contributed by atoms with E-state index in [4.69, 9.17) is 4.43 Å². The summed E-state index contributed by atoms with van der Waals surface area (Å²) >= 11 is 3.13. The maximum absolute atomic E-state index is 11.1. The monoisotopic (exact) mass is 334 g/mol. The van der Waals surface area contributed by atoms with E-state index in [-0.39, 0.29) is 11.0 Å². The predicted octanol–water partition coefficient (Wildman–Crippen LogP) is 4.02. The van der Waals surface area contributed by atoms with Gasteiger partial charge in [0.25, 0.3) is 0 Å². The fraction of sp³-hybridized carbons (Fsp3) is 0.615. The zero-order chi connectivity index (χ0) is 14.4. The number of carbonyl (C=O) groups is 1. The normalized spacial score (nSPS) is 14.1. The van der Waals surface area contributed by atoms with E-state index < -0.39 is 8.32 Å². The molecule has 0 aliphatic heterocycles. The molecule has 0 aliphatic carbocycles. The summed E-state index contributed by atoms with van der Waals surface area (Å²) in [5, 5.41) is 0.212. The van der Waals surface area contributed by atoms with Crippen LogP contribution in [0.15, 0.2) is 22.7 Å². The molecule has 0 spiro atoms. The number of allylic oxidation sites excluding steroid dienone is 2. The number of ether oxygens (including phenoxy) is 1. The lowest BCUT2D eigenvalue weighted by Crippen LogP contribution is -2.40. The van der Waals surface area contributed by atoms with Gasteiger partial charge in [-0.25, -0.2) is 4.79 Å². The van der Waals surface area contributed by atoms with Crippen molar-refractivity contribution in [2.24, 2.45) is 0 Å². The van der Waals surface area contributed by atoms with Gasteiger partial charge in [0, 0.05) is 0 Å². The predicted molar refractivity (Wildman–Crippen MR) is 81.3 cm³/mol. The van der Waals surface area contributed by atoms with Gasteiger partial charge in [0.15, 0.2) is 8.32 Å². The third-order valence-electron chi connectivity index (χ3n) is 3.11. The van der Waals surface area contributed by atoms with E-state index in [2.05, 4.69) is 54.5 Å². The first-order valence-corrected chi connectivity index (χ1v) is 9.56. The minimum atomic E-state index is -1.69. The van der Waals surface area contributed by atoms with E-state index >= 15 is 0 Å². The summed E-state index contributed by atoms with van der Waals surface area (Å²) in [7, 11) is -0.337. The molecule has 0 heterocycles. The molecule has 0 atom stereocenters. The van der Waals surface area contributed by atoms with Gasteiger partial charge in [0.1, 0.15) is 4.48 Å². The lowest BCUT2D eigenvalue weighted by molar-refractivity contribution is -0.135. The topological polar surface area (TPSA) is 35.5 Å². The molecule has 0 rings (SSSR count). The fourth-order valence-electron chi connectivity index (χ4n) is 0.847. The highest BCUT2D eigenvalue weighted by molar-refractivity contribution is 9.12. The van der Waals surface area contributed by atoms with Gasteiger partial charge in [-0.2, -0.15) is 0 Å². The maximum atomic E-state index is 11.1. The highest BCUT2D eigenvalue weighted by Crippen LogP contribution is 2.36. The van der Waals surface area contributed by atoms with Crippen LogP contribution >= 0.6 is 15.9 Å². The Hall–Kier alpha value is -0.393. The fourth-order valence-corrected chi connectivity index (χ4v) is 2.11. The standard InChI is InChI=1S/C13H23BrO3Si/c1-13(2,3)18(5,6)17-10-8-7-9-11(14)12(15)16-4/h7-9H,10H2,1-6H3/b8-7-,11-9-. The molecule has 0 amide bonds. The molecular weight excluding hydrogens is 312 g/mol. The molecule has 0 bridgehead atoms. The second-order valence-electron chi connectivity index (χ2n) is 5.51. The lowest BCUT2D eigenvalue weighted by atomic mass is 10.2. The van der Waals surface area contributed by atoms with Crippen LogP contribution in [0.1, 0.15) is 20.8 Å². The molecule has 0 aromatic heterocycles. The average molecular weight is 335 g/mol. The Morgan fingerprint density at radius 3 is 2.33 bits per heavy atom. The lowest BCUT2D eigenvalue weighted by Gasteiger charge is -2.35. The van der Waals surface area contributed by atoms with E-state index in [1.54, 1.807) is 12.2 Å². The second-order valence-corrected chi connectivity index (χ2v) is 11.2. The molecule has 5 heteroatoms. The Morgan fingerprint density at radius 1 is 1.33 bits per heavy atom. The van der Waals surface area contributed by atoms with Gasteiger partial charge in [-0.3, -0.25) is 0 Å². The van der Waals surface area contributed by atoms with Gasteiger partial charge in [-0.05, 0) is 40.1 Å². The number of esters is 1. The number of rotatable bonds is 5. The Morgan fingerprint density at radius 2 is 1.89 bits per heavy atom. The summed E-state index contributed by atoms with van der Waals surface area (Å²) in [6.45, 7) is 11.6. The Bertz CT molecular complexity index is 341. The minimum Gasteiger partial charge on any atom is -0.465 e. The minimum absolute atomic E-state index is 0.212. The van der Waals surface area contributed by atoms with Crippen molar-refractivity contribution in [2.75, 3.05) is 13.7 Å². The first-order chi connectivity index (χ1) is 8.12. The first kappa shape index (κ1) is 17.6. The molecule has 0 aromatic rings. The zero-order valence-electron chi connectivity index (χ0n) is 12.0. The van der Waals surface area contributed by atoms with Gasteiger partial charge in [0.05, 0.1) is 13.7 Å². The summed E-state index contributed by atoms with van der Waals surface area (Å²) in [5.74, 6) is -0.384. The second kappa shape index (κ2) is 7.26. The highest BCUT2D eigenvalue weighted by Gasteiger charge is 2.36. The van der Waals surface area contributed by atoms with Gasteiger partial charge in [-0.15, -0.1) is 0 Å². The van der Waals surface area contributed by atoms with E-state index in [1.807, 2.05) is 6.08 Å². The number of hydrogen-bond donors (Lipinski definition) is 0. The maximum Gasteiger partial charge on any atom is 0.344 e. The van der Waals surface area contributed by atoms with Crippen LogP contribution in [-0.2, 0) is 14.0 Å². The van der Waals surface area contributed by atoms with Crippen LogP contribution in [0.25, 0.3) is 0 Å². The number of hydrogen-bond acceptors (Lipinski definition) is 3. The van der Waals surface area contributed by atoms with E-state index in [1.165, 1.54) is 7.11 Å². The molecule has 0 N–H and O–H groups in total. The van der Waals surface area contributed by atoms with Crippen LogP contribution in [0, 0.1) is 0 Å². The van der Waals surface area contributed by atoms with Crippen LogP contribution in [0.5, 0.6) is 0 Å². The van der Waals surface area contributed by atoms with Gasteiger partial charge >= 0.3 is 5.97 Å². The van der Waals surface area contributed by atoms with Gasteiger partial charge in [0.2, 0.25) is 0 Å². The molecule has 0 aromatic carbocycles. The molecule has 0 unspecified atom stereocenters. The van der Waals surface area contributed by atoms with Crippen molar-refractivity contribution in [1.29, 1.82) is 0 Å². The Balaban J connectivity index is 4.25. The van der Waals surface area contributed by atoms with Crippen LogP contribution in [0.3, 0.4) is 0 Å². The van der Waals surface area contributed by atoms with E-state index in [0.717, 1.165) is 0 Å². The summed E-state index contributed by atoms with van der Waals surface area (Å²) in [4.78, 5) is 11.1. The summed E-state index contributed by atoms with van der Waals surface area (Å²) in [6, 6.07) is 0. The van der Waals surface area contributed by atoms with Crippen LogP contribution in [-0.4, -0.2) is 28.0 Å². The first-order valence-electron chi connectivity index (χ1n) is 5.86. The van der Waals surface area contributed by atoms with Crippen molar-refractivity contribution in [3.63, 3.8) is 0 Å². The third kappa shape index (κ3) is 5.98. The van der Waals surface area contributed by atoms with Crippen molar-refractivity contribution >= 4 is 30.2 Å². The van der Waals surface area contributed by atoms with Gasteiger partial charge in [-0.1, -0.05) is 32.9 Å². The summed E-state index contributed by atoms with van der Waals surface area (Å²) in [5.41, 5.74) is 0. The highest BCUT2D eigenvalue weighted by atomic mass is 79.9.